The molecule has 0 saturated carbocycles. The van der Waals surface area contributed by atoms with Crippen LogP contribution in [-0.4, -0.2) is 14.7 Å². The fourth-order valence-corrected chi connectivity index (χ4v) is 2.20. The molecule has 1 rings (SSSR count). The van der Waals surface area contributed by atoms with Crippen LogP contribution in [0.25, 0.3) is 0 Å². The summed E-state index contributed by atoms with van der Waals surface area (Å²) in [6, 6.07) is 1.91. The molecule has 0 spiro atoms. The van der Waals surface area contributed by atoms with Gasteiger partial charge in [-0.1, -0.05) is 20.8 Å². The molecule has 94 valence electrons. The smallest absolute Gasteiger partial charge is 0.236 e. The summed E-state index contributed by atoms with van der Waals surface area (Å²) in [5, 5.41) is 0.184. The number of anilines is 1. The summed E-state index contributed by atoms with van der Waals surface area (Å²) in [6.45, 7) is 12.7. The summed E-state index contributed by atoms with van der Waals surface area (Å²) in [5.74, 6) is 0.543. The van der Waals surface area contributed by atoms with Gasteiger partial charge in [0.25, 0.3) is 0 Å². The number of pyridine rings is 1. The zero-order valence-electron chi connectivity index (χ0n) is 11.6. The Morgan fingerprint density at radius 1 is 1.24 bits per heavy atom. The van der Waals surface area contributed by atoms with E-state index in [0.717, 1.165) is 11.1 Å². The fraction of sp³-hybridized carbons (Fsp3) is 0.615. The van der Waals surface area contributed by atoms with Crippen LogP contribution in [0.15, 0.2) is 12.3 Å². The lowest BCUT2D eigenvalue weighted by molar-refractivity contribution is 0.109. The zero-order valence-corrected chi connectivity index (χ0v) is 12.6. The number of aryl methyl sites for hydroxylation is 1. The standard InChI is InChI=1S/C13H22N2OSi/c1-9-8-15-11(14)7-10(9)13(5,6)16-17-12(2,3)4/h7-8H,1-6H3,(H2,14,15). The average Bonchev–Trinajstić information content (AvgIpc) is 2.18. The van der Waals surface area contributed by atoms with Gasteiger partial charge in [-0.3, -0.25) is 0 Å². The normalized spacial score (nSPS) is 12.8. The van der Waals surface area contributed by atoms with Crippen molar-refractivity contribution in [2.24, 2.45) is 0 Å². The van der Waals surface area contributed by atoms with Gasteiger partial charge in [0.1, 0.15) is 5.82 Å². The summed E-state index contributed by atoms with van der Waals surface area (Å²) in [4.78, 5) is 4.09. The van der Waals surface area contributed by atoms with E-state index < -0.39 is 0 Å². The maximum Gasteiger partial charge on any atom is 0.236 e. The van der Waals surface area contributed by atoms with E-state index in [1.165, 1.54) is 0 Å². The van der Waals surface area contributed by atoms with Crippen molar-refractivity contribution in [3.05, 3.63) is 23.4 Å². The molecule has 1 heterocycles. The van der Waals surface area contributed by atoms with Crippen LogP contribution in [0, 0.1) is 6.92 Å². The first-order valence-corrected chi connectivity index (χ1v) is 6.70. The molecule has 0 amide bonds. The van der Waals surface area contributed by atoms with Crippen molar-refractivity contribution in [3.63, 3.8) is 0 Å². The maximum absolute atomic E-state index is 6.06. The second-order valence-corrected chi connectivity index (χ2v) is 7.80. The summed E-state index contributed by atoms with van der Waals surface area (Å²) >= 11 is 0. The minimum absolute atomic E-state index is 0.184. The van der Waals surface area contributed by atoms with Gasteiger partial charge < -0.3 is 10.2 Å². The molecule has 1 aromatic rings. The molecule has 0 aliphatic rings. The van der Waals surface area contributed by atoms with E-state index >= 15 is 0 Å². The Morgan fingerprint density at radius 3 is 2.35 bits per heavy atom. The van der Waals surface area contributed by atoms with Crippen LogP contribution in [0.2, 0.25) is 5.04 Å². The van der Waals surface area contributed by atoms with Crippen molar-refractivity contribution < 1.29 is 4.43 Å². The molecule has 0 fully saturated rings. The predicted octanol–water partition coefficient (Wildman–Crippen LogP) is 3.06. The Bertz CT molecular complexity index is 397. The van der Waals surface area contributed by atoms with Crippen LogP contribution in [0.5, 0.6) is 0 Å². The highest BCUT2D eigenvalue weighted by atomic mass is 28.2. The zero-order chi connectivity index (χ0) is 13.3. The van der Waals surface area contributed by atoms with Crippen molar-refractivity contribution in [2.45, 2.75) is 52.2 Å². The first-order chi connectivity index (χ1) is 7.62. The molecule has 0 bridgehead atoms. The van der Waals surface area contributed by atoms with E-state index in [4.69, 9.17) is 10.2 Å². The largest absolute Gasteiger partial charge is 0.408 e. The fourth-order valence-electron chi connectivity index (χ4n) is 1.52. The van der Waals surface area contributed by atoms with Crippen LogP contribution in [-0.2, 0) is 10.0 Å². The van der Waals surface area contributed by atoms with E-state index in [2.05, 4.69) is 39.6 Å². The quantitative estimate of drug-likeness (QED) is 0.839. The van der Waals surface area contributed by atoms with Crippen molar-refractivity contribution in [1.82, 2.24) is 4.98 Å². The monoisotopic (exact) mass is 250 g/mol. The second-order valence-electron chi connectivity index (χ2n) is 5.89. The van der Waals surface area contributed by atoms with Gasteiger partial charge in [0, 0.05) is 6.20 Å². The van der Waals surface area contributed by atoms with Crippen LogP contribution in [0.4, 0.5) is 5.82 Å². The highest BCUT2D eigenvalue weighted by Gasteiger charge is 2.27. The summed E-state index contributed by atoms with van der Waals surface area (Å²) in [5.41, 5.74) is 7.64. The number of rotatable bonds is 3. The van der Waals surface area contributed by atoms with Gasteiger partial charge in [0.15, 0.2) is 0 Å². The van der Waals surface area contributed by atoms with Gasteiger partial charge in [-0.15, -0.1) is 0 Å². The molecule has 2 N–H and O–H groups in total. The number of hydrogen-bond donors (Lipinski definition) is 1. The molecule has 0 unspecified atom stereocenters. The number of hydrogen-bond acceptors (Lipinski definition) is 3. The van der Waals surface area contributed by atoms with Gasteiger partial charge in [0.2, 0.25) is 9.76 Å². The molecule has 1 aromatic heterocycles. The first kappa shape index (κ1) is 14.2. The van der Waals surface area contributed by atoms with Crippen molar-refractivity contribution in [1.29, 1.82) is 0 Å². The molecule has 17 heavy (non-hydrogen) atoms. The van der Waals surface area contributed by atoms with Gasteiger partial charge >= 0.3 is 0 Å². The van der Waals surface area contributed by atoms with Gasteiger partial charge in [-0.2, -0.15) is 0 Å². The summed E-state index contributed by atoms with van der Waals surface area (Å²) < 4.78 is 6.06. The molecule has 0 aliphatic carbocycles. The lowest BCUT2D eigenvalue weighted by atomic mass is 9.95. The number of aromatic nitrogens is 1. The van der Waals surface area contributed by atoms with Crippen LogP contribution >= 0.6 is 0 Å². The Labute approximate surface area is 107 Å². The van der Waals surface area contributed by atoms with E-state index in [0.29, 0.717) is 15.6 Å². The molecule has 0 aromatic carbocycles. The molecular weight excluding hydrogens is 228 g/mol. The molecule has 2 radical (unpaired) electrons. The van der Waals surface area contributed by atoms with Gasteiger partial charge in [-0.25, -0.2) is 4.98 Å². The van der Waals surface area contributed by atoms with Crippen LogP contribution < -0.4 is 5.73 Å². The third kappa shape index (κ3) is 4.13. The van der Waals surface area contributed by atoms with E-state index in [9.17, 15) is 0 Å². The molecule has 0 atom stereocenters. The predicted molar refractivity (Wildman–Crippen MR) is 73.0 cm³/mol. The van der Waals surface area contributed by atoms with Gasteiger partial charge in [-0.05, 0) is 43.0 Å². The number of nitrogens with zero attached hydrogens (tertiary/aromatic N) is 1. The summed E-state index contributed by atoms with van der Waals surface area (Å²) in [6.07, 6.45) is 1.80. The highest BCUT2D eigenvalue weighted by Crippen LogP contribution is 2.31. The van der Waals surface area contributed by atoms with Crippen LogP contribution in [0.1, 0.15) is 45.7 Å². The Hall–Kier alpha value is -0.873. The third-order valence-corrected chi connectivity index (χ3v) is 3.61. The highest BCUT2D eigenvalue weighted by molar-refractivity contribution is 6.31. The van der Waals surface area contributed by atoms with Crippen molar-refractivity contribution >= 4 is 15.6 Å². The Balaban J connectivity index is 2.92. The van der Waals surface area contributed by atoms with Crippen molar-refractivity contribution in [3.8, 4) is 0 Å². The summed E-state index contributed by atoms with van der Waals surface area (Å²) in [7, 11) is 0.450. The Morgan fingerprint density at radius 2 is 1.82 bits per heavy atom. The lowest BCUT2D eigenvalue weighted by Gasteiger charge is -2.30. The molecule has 3 nitrogen and oxygen atoms in total. The third-order valence-electron chi connectivity index (χ3n) is 2.39. The average molecular weight is 250 g/mol. The molecule has 0 saturated heterocycles. The van der Waals surface area contributed by atoms with Gasteiger partial charge in [0.05, 0.1) is 5.60 Å². The van der Waals surface area contributed by atoms with Crippen LogP contribution in [0.3, 0.4) is 0 Å². The van der Waals surface area contributed by atoms with E-state index in [1.54, 1.807) is 6.20 Å². The SMILES string of the molecule is Cc1cnc(N)cc1C(C)(C)O[Si]C(C)(C)C. The van der Waals surface area contributed by atoms with Crippen molar-refractivity contribution in [2.75, 3.05) is 5.73 Å². The second kappa shape index (κ2) is 4.78. The van der Waals surface area contributed by atoms with E-state index in [1.807, 2.05) is 13.0 Å². The maximum atomic E-state index is 6.06. The topological polar surface area (TPSA) is 48.1 Å². The molecule has 0 aliphatic heterocycles. The molecular formula is C13H22N2OSi. The lowest BCUT2D eigenvalue weighted by Crippen LogP contribution is -2.28. The first-order valence-electron chi connectivity index (χ1n) is 5.79. The number of nitrogens with two attached hydrogens (primary N) is 1. The number of nitrogen functional groups attached to an aromatic ring is 1. The Kier molecular flexibility index (Phi) is 3.99. The van der Waals surface area contributed by atoms with E-state index in [-0.39, 0.29) is 10.6 Å². The molecule has 4 heteroatoms. The minimum Gasteiger partial charge on any atom is -0.408 e. The minimum atomic E-state index is -0.327.